The Balaban J connectivity index is 1.61. The number of methoxy groups -OCH3 is 1. The molecule has 3 aromatic rings. The molecule has 2 amide bonds. The number of benzene rings is 2. The van der Waals surface area contributed by atoms with Gasteiger partial charge < -0.3 is 15.4 Å². The maximum absolute atomic E-state index is 12.4. The molecule has 0 bridgehead atoms. The summed E-state index contributed by atoms with van der Waals surface area (Å²) in [5.41, 5.74) is 5.16. The molecular weight excluding hydrogens is 364 g/mol. The van der Waals surface area contributed by atoms with Crippen LogP contribution in [0.5, 0.6) is 5.75 Å². The van der Waals surface area contributed by atoms with E-state index in [1.165, 1.54) is 5.56 Å². The lowest BCUT2D eigenvalue weighted by atomic mass is 10.1. The van der Waals surface area contributed by atoms with E-state index in [2.05, 4.69) is 27.9 Å². The lowest BCUT2D eigenvalue weighted by Crippen LogP contribution is -2.36. The molecule has 1 aromatic heterocycles. The maximum atomic E-state index is 12.4. The maximum Gasteiger partial charge on any atom is 0.315 e. The van der Waals surface area contributed by atoms with Crippen molar-refractivity contribution in [1.82, 2.24) is 20.4 Å². The number of rotatable bonds is 7. The van der Waals surface area contributed by atoms with Gasteiger partial charge in [0.1, 0.15) is 5.75 Å². The number of amides is 2. The van der Waals surface area contributed by atoms with Crippen LogP contribution in [0.4, 0.5) is 4.79 Å². The number of para-hydroxylation sites is 1. The highest BCUT2D eigenvalue weighted by Gasteiger charge is 2.16. The second kappa shape index (κ2) is 9.28. The number of nitrogens with zero attached hydrogens (tertiary/aromatic N) is 2. The van der Waals surface area contributed by atoms with Crippen LogP contribution in [0.3, 0.4) is 0 Å². The molecule has 3 rings (SSSR count). The lowest BCUT2D eigenvalue weighted by molar-refractivity contribution is 0.237. The van der Waals surface area contributed by atoms with Crippen LogP contribution >= 0.6 is 0 Å². The number of nitrogens with one attached hydrogen (secondary N) is 2. The Hall–Kier alpha value is -3.28. The number of carbonyl (C=O) groups excluding carboxylic acids is 1. The number of aryl methyl sites for hydroxylation is 1. The van der Waals surface area contributed by atoms with Crippen LogP contribution < -0.4 is 15.4 Å². The van der Waals surface area contributed by atoms with Gasteiger partial charge in [0.25, 0.3) is 0 Å². The summed E-state index contributed by atoms with van der Waals surface area (Å²) in [6.07, 6.45) is 0. The number of hydrogen-bond donors (Lipinski definition) is 2. The summed E-state index contributed by atoms with van der Waals surface area (Å²) in [6, 6.07) is 17.5. The zero-order chi connectivity index (χ0) is 20.8. The Bertz CT molecular complexity index is 966. The average molecular weight is 393 g/mol. The van der Waals surface area contributed by atoms with E-state index in [-0.39, 0.29) is 12.1 Å². The SMILES string of the molecule is COc1ccccc1C(C)NC(=O)NCc1c(C)nn(Cc2ccccc2)c1C. The molecular formula is C23H28N4O2. The predicted octanol–water partition coefficient (Wildman–Crippen LogP) is 4.12. The highest BCUT2D eigenvalue weighted by atomic mass is 16.5. The zero-order valence-corrected chi connectivity index (χ0v) is 17.4. The highest BCUT2D eigenvalue weighted by Crippen LogP contribution is 2.24. The fourth-order valence-electron chi connectivity index (χ4n) is 3.42. The van der Waals surface area contributed by atoms with Gasteiger partial charge in [0.05, 0.1) is 25.4 Å². The van der Waals surface area contributed by atoms with Gasteiger partial charge in [0, 0.05) is 23.4 Å². The van der Waals surface area contributed by atoms with Crippen molar-refractivity contribution < 1.29 is 9.53 Å². The predicted molar refractivity (Wildman–Crippen MR) is 114 cm³/mol. The standard InChI is InChI=1S/C23H28N4O2/c1-16(20-12-8-9-13-22(20)29-4)25-23(28)24-14-21-17(2)26-27(18(21)3)15-19-10-6-5-7-11-19/h5-13,16H,14-15H2,1-4H3,(H2,24,25,28). The van der Waals surface area contributed by atoms with E-state index in [0.717, 1.165) is 28.3 Å². The minimum Gasteiger partial charge on any atom is -0.496 e. The van der Waals surface area contributed by atoms with Crippen molar-refractivity contribution in [2.24, 2.45) is 0 Å². The molecule has 0 aliphatic carbocycles. The molecule has 0 saturated carbocycles. The molecule has 6 nitrogen and oxygen atoms in total. The van der Waals surface area contributed by atoms with Crippen molar-refractivity contribution >= 4 is 6.03 Å². The molecule has 0 spiro atoms. The molecule has 1 heterocycles. The molecule has 2 aromatic carbocycles. The number of carbonyl (C=O) groups is 1. The minimum atomic E-state index is -0.224. The van der Waals surface area contributed by atoms with E-state index < -0.39 is 0 Å². The summed E-state index contributed by atoms with van der Waals surface area (Å²) < 4.78 is 7.36. The molecule has 0 saturated heterocycles. The molecule has 29 heavy (non-hydrogen) atoms. The average Bonchev–Trinajstić information content (AvgIpc) is 2.99. The fraction of sp³-hybridized carbons (Fsp3) is 0.304. The van der Waals surface area contributed by atoms with E-state index in [1.54, 1.807) is 7.11 Å². The van der Waals surface area contributed by atoms with Gasteiger partial charge in [-0.05, 0) is 32.4 Å². The first-order valence-electron chi connectivity index (χ1n) is 9.73. The summed E-state index contributed by atoms with van der Waals surface area (Å²) in [5, 5.41) is 10.6. The van der Waals surface area contributed by atoms with Crippen LogP contribution in [0.2, 0.25) is 0 Å². The molecule has 0 aliphatic heterocycles. The molecule has 152 valence electrons. The Morgan fingerprint density at radius 1 is 1.10 bits per heavy atom. The second-order valence-corrected chi connectivity index (χ2v) is 7.08. The van der Waals surface area contributed by atoms with E-state index in [0.29, 0.717) is 13.1 Å². The van der Waals surface area contributed by atoms with Crippen molar-refractivity contribution in [1.29, 1.82) is 0 Å². The molecule has 0 radical (unpaired) electrons. The largest absolute Gasteiger partial charge is 0.496 e. The summed E-state index contributed by atoms with van der Waals surface area (Å²) in [7, 11) is 1.63. The number of ether oxygens (including phenoxy) is 1. The van der Waals surface area contributed by atoms with Crippen LogP contribution in [-0.2, 0) is 13.1 Å². The summed E-state index contributed by atoms with van der Waals surface area (Å²) in [6.45, 7) is 7.09. The molecule has 6 heteroatoms. The van der Waals surface area contributed by atoms with Gasteiger partial charge in [-0.15, -0.1) is 0 Å². The third kappa shape index (κ3) is 4.96. The molecule has 1 unspecified atom stereocenters. The smallest absolute Gasteiger partial charge is 0.315 e. The lowest BCUT2D eigenvalue weighted by Gasteiger charge is -2.17. The quantitative estimate of drug-likeness (QED) is 0.636. The zero-order valence-electron chi connectivity index (χ0n) is 17.4. The summed E-state index contributed by atoms with van der Waals surface area (Å²) in [4.78, 5) is 12.4. The van der Waals surface area contributed by atoms with Crippen LogP contribution in [-0.4, -0.2) is 22.9 Å². The van der Waals surface area contributed by atoms with Gasteiger partial charge >= 0.3 is 6.03 Å². The van der Waals surface area contributed by atoms with E-state index in [1.807, 2.05) is 67.9 Å². The molecule has 2 N–H and O–H groups in total. The third-order valence-corrected chi connectivity index (χ3v) is 5.09. The monoisotopic (exact) mass is 392 g/mol. The van der Waals surface area contributed by atoms with Crippen LogP contribution in [0.1, 0.15) is 41.0 Å². The number of hydrogen-bond acceptors (Lipinski definition) is 3. The first-order valence-corrected chi connectivity index (χ1v) is 9.73. The van der Waals surface area contributed by atoms with Crippen LogP contribution in [0.25, 0.3) is 0 Å². The summed E-state index contributed by atoms with van der Waals surface area (Å²) in [5.74, 6) is 0.758. The molecule has 0 aliphatic rings. The van der Waals surface area contributed by atoms with Gasteiger partial charge in [-0.3, -0.25) is 4.68 Å². The fourth-order valence-corrected chi connectivity index (χ4v) is 3.42. The Kier molecular flexibility index (Phi) is 6.54. The summed E-state index contributed by atoms with van der Waals surface area (Å²) >= 11 is 0. The van der Waals surface area contributed by atoms with Crippen molar-refractivity contribution in [2.75, 3.05) is 7.11 Å². The first kappa shape index (κ1) is 20.5. The number of urea groups is 1. The van der Waals surface area contributed by atoms with Gasteiger partial charge in [0.2, 0.25) is 0 Å². The van der Waals surface area contributed by atoms with Gasteiger partial charge in [-0.25, -0.2) is 4.79 Å². The Morgan fingerprint density at radius 2 is 1.79 bits per heavy atom. The molecule has 1 atom stereocenters. The van der Waals surface area contributed by atoms with Crippen LogP contribution in [0.15, 0.2) is 54.6 Å². The van der Waals surface area contributed by atoms with Crippen molar-refractivity contribution in [3.05, 3.63) is 82.7 Å². The minimum absolute atomic E-state index is 0.172. The van der Waals surface area contributed by atoms with Crippen molar-refractivity contribution in [3.63, 3.8) is 0 Å². The third-order valence-electron chi connectivity index (χ3n) is 5.09. The van der Waals surface area contributed by atoms with Gasteiger partial charge in [-0.2, -0.15) is 5.10 Å². The Morgan fingerprint density at radius 3 is 2.52 bits per heavy atom. The first-order chi connectivity index (χ1) is 14.0. The number of aromatic nitrogens is 2. The van der Waals surface area contributed by atoms with E-state index in [4.69, 9.17) is 4.74 Å². The second-order valence-electron chi connectivity index (χ2n) is 7.08. The van der Waals surface area contributed by atoms with Gasteiger partial charge in [-0.1, -0.05) is 48.5 Å². The normalized spacial score (nSPS) is 11.7. The van der Waals surface area contributed by atoms with E-state index in [9.17, 15) is 4.79 Å². The molecule has 0 fully saturated rings. The van der Waals surface area contributed by atoms with Crippen molar-refractivity contribution in [2.45, 2.75) is 39.9 Å². The van der Waals surface area contributed by atoms with Crippen molar-refractivity contribution in [3.8, 4) is 5.75 Å². The van der Waals surface area contributed by atoms with Crippen LogP contribution in [0, 0.1) is 13.8 Å². The highest BCUT2D eigenvalue weighted by molar-refractivity contribution is 5.74. The topological polar surface area (TPSA) is 68.2 Å². The van der Waals surface area contributed by atoms with Gasteiger partial charge in [0.15, 0.2) is 0 Å². The van der Waals surface area contributed by atoms with E-state index >= 15 is 0 Å². The Labute approximate surface area is 171 Å².